The maximum Gasteiger partial charge on any atom is 0.405 e. The van der Waals surface area contributed by atoms with Crippen LogP contribution in [0.4, 0.5) is 13.2 Å². The van der Waals surface area contributed by atoms with Crippen LogP contribution >= 0.6 is 0 Å². The average Bonchev–Trinajstić information content (AvgIpc) is 3.28. The third-order valence-electron chi connectivity index (χ3n) is 8.21. The summed E-state index contributed by atoms with van der Waals surface area (Å²) >= 11 is 0. The third-order valence-corrected chi connectivity index (χ3v) is 8.21. The van der Waals surface area contributed by atoms with Gasteiger partial charge >= 0.3 is 6.18 Å². The van der Waals surface area contributed by atoms with Gasteiger partial charge in [0, 0.05) is 26.2 Å². The maximum atomic E-state index is 13.6. The number of hydrogen-bond donors (Lipinski definition) is 2. The summed E-state index contributed by atoms with van der Waals surface area (Å²) in [5, 5.41) is 12.7. The van der Waals surface area contributed by atoms with Crippen LogP contribution < -0.4 is 5.32 Å². The Bertz CT molecular complexity index is 1330. The number of unbranched alkanes of at least 4 members (excludes halogenated alkanes) is 1. The van der Waals surface area contributed by atoms with E-state index in [0.717, 1.165) is 35.2 Å². The highest BCUT2D eigenvalue weighted by Crippen LogP contribution is 2.51. The van der Waals surface area contributed by atoms with Crippen LogP contribution in [0.25, 0.3) is 11.1 Å². The molecule has 1 saturated heterocycles. The fourth-order valence-corrected chi connectivity index (χ4v) is 6.15. The predicted molar refractivity (Wildman–Crippen MR) is 150 cm³/mol. The Kier molecular flexibility index (Phi) is 8.47. The fraction of sp³-hybridized carbons (Fsp3) is 0.375. The number of carbonyl (C=O) groups is 2. The molecule has 1 aliphatic carbocycles. The average molecular weight is 566 g/mol. The smallest absolute Gasteiger partial charge is 0.378 e. The molecule has 0 bridgehead atoms. The van der Waals surface area contributed by atoms with Crippen molar-refractivity contribution in [1.82, 2.24) is 15.1 Å². The van der Waals surface area contributed by atoms with Gasteiger partial charge in [0.25, 0.3) is 5.91 Å². The summed E-state index contributed by atoms with van der Waals surface area (Å²) in [5.74, 6) is -0.933. The summed E-state index contributed by atoms with van der Waals surface area (Å²) in [6, 6.07) is 23.8. The van der Waals surface area contributed by atoms with Gasteiger partial charge in [-0.1, -0.05) is 85.3 Å². The predicted octanol–water partition coefficient (Wildman–Crippen LogP) is 4.68. The highest BCUT2D eigenvalue weighted by molar-refractivity contribution is 6.00. The van der Waals surface area contributed by atoms with E-state index in [1.54, 1.807) is 29.2 Å². The Morgan fingerprint density at radius 1 is 0.829 bits per heavy atom. The molecule has 6 nitrogen and oxygen atoms in total. The summed E-state index contributed by atoms with van der Waals surface area (Å²) in [7, 11) is 0. The zero-order valence-electron chi connectivity index (χ0n) is 22.7. The summed E-state index contributed by atoms with van der Waals surface area (Å²) in [5.41, 5.74) is 2.61. The zero-order chi connectivity index (χ0) is 29.0. The van der Waals surface area contributed by atoms with Gasteiger partial charge in [-0.3, -0.25) is 14.5 Å². The topological polar surface area (TPSA) is 72.9 Å². The molecule has 1 unspecified atom stereocenters. The Morgan fingerprint density at radius 2 is 1.39 bits per heavy atom. The number of hydrogen-bond acceptors (Lipinski definition) is 4. The summed E-state index contributed by atoms with van der Waals surface area (Å²) < 4.78 is 39.2. The molecule has 2 aliphatic rings. The minimum atomic E-state index is -4.50. The first-order valence-corrected chi connectivity index (χ1v) is 14.0. The molecule has 1 aliphatic heterocycles. The number of halogens is 3. The van der Waals surface area contributed by atoms with Gasteiger partial charge in [-0.05, 0) is 47.2 Å². The minimum absolute atomic E-state index is 0.304. The molecule has 3 aromatic rings. The Hall–Kier alpha value is -3.69. The van der Waals surface area contributed by atoms with Crippen LogP contribution in [0.1, 0.15) is 42.1 Å². The van der Waals surface area contributed by atoms with Crippen molar-refractivity contribution in [3.8, 4) is 11.1 Å². The lowest BCUT2D eigenvalue weighted by Crippen LogP contribution is -2.50. The normalized spacial score (nSPS) is 17.0. The van der Waals surface area contributed by atoms with E-state index in [0.29, 0.717) is 44.6 Å². The van der Waals surface area contributed by atoms with Crippen LogP contribution in [0.5, 0.6) is 0 Å². The van der Waals surface area contributed by atoms with E-state index in [2.05, 4.69) is 10.2 Å². The molecular formula is C32H34F3N3O3. The Labute approximate surface area is 237 Å². The van der Waals surface area contributed by atoms with Gasteiger partial charge < -0.3 is 15.3 Å². The van der Waals surface area contributed by atoms with Gasteiger partial charge in [0.2, 0.25) is 5.91 Å². The molecule has 0 aromatic heterocycles. The quantitative estimate of drug-likeness (QED) is 0.370. The number of alkyl halides is 3. The number of piperazine rings is 1. The van der Waals surface area contributed by atoms with Crippen LogP contribution in [-0.4, -0.2) is 72.2 Å². The van der Waals surface area contributed by atoms with Gasteiger partial charge in [-0.25, -0.2) is 0 Å². The minimum Gasteiger partial charge on any atom is -0.378 e. The second-order valence-electron chi connectivity index (χ2n) is 10.7. The van der Waals surface area contributed by atoms with Crippen LogP contribution in [0.15, 0.2) is 78.9 Å². The first kappa shape index (κ1) is 28.8. The molecule has 216 valence electrons. The SMILES string of the molecule is O=C(C(O)c1ccccc1)N1CCN(CCCCC2(C(=O)NCC(F)(F)F)c3ccccc3-c3ccccc32)CC1. The van der Waals surface area contributed by atoms with Gasteiger partial charge in [0.15, 0.2) is 6.10 Å². The number of benzene rings is 3. The molecule has 2 N–H and O–H groups in total. The molecule has 2 amide bonds. The fourth-order valence-electron chi connectivity index (χ4n) is 6.15. The number of fused-ring (bicyclic) bond motifs is 3. The number of aliphatic hydroxyl groups is 1. The maximum absolute atomic E-state index is 13.6. The number of rotatable bonds is 9. The standard InChI is InChI=1S/C32H34F3N3O3/c33-32(34,35)22-36-30(41)31(26-14-6-4-12-24(26)25-13-5-7-15-27(25)31)16-8-9-17-37-18-20-38(21-19-37)29(40)28(39)23-10-2-1-3-11-23/h1-7,10-15,28,39H,8-9,16-22H2,(H,36,41). The first-order valence-electron chi connectivity index (χ1n) is 14.0. The lowest BCUT2D eigenvalue weighted by Gasteiger charge is -2.36. The molecular weight excluding hydrogens is 531 g/mol. The first-order chi connectivity index (χ1) is 19.7. The van der Waals surface area contributed by atoms with Gasteiger partial charge in [-0.2, -0.15) is 13.2 Å². The van der Waals surface area contributed by atoms with Crippen molar-refractivity contribution in [2.45, 2.75) is 37.0 Å². The second-order valence-corrected chi connectivity index (χ2v) is 10.7. The van der Waals surface area contributed by atoms with E-state index in [-0.39, 0.29) is 5.91 Å². The number of nitrogens with zero attached hydrogens (tertiary/aromatic N) is 2. The monoisotopic (exact) mass is 565 g/mol. The second kappa shape index (κ2) is 12.0. The van der Waals surface area contributed by atoms with E-state index in [1.165, 1.54) is 0 Å². The molecule has 0 spiro atoms. The third kappa shape index (κ3) is 6.01. The van der Waals surface area contributed by atoms with Crippen molar-refractivity contribution in [1.29, 1.82) is 0 Å². The molecule has 1 fully saturated rings. The van der Waals surface area contributed by atoms with Crippen molar-refractivity contribution in [3.05, 3.63) is 95.6 Å². The van der Waals surface area contributed by atoms with E-state index < -0.39 is 30.1 Å². The molecule has 1 heterocycles. The van der Waals surface area contributed by atoms with E-state index in [4.69, 9.17) is 0 Å². The van der Waals surface area contributed by atoms with Crippen LogP contribution in [-0.2, 0) is 15.0 Å². The van der Waals surface area contributed by atoms with E-state index in [1.807, 2.05) is 54.6 Å². The molecule has 0 saturated carbocycles. The number of aliphatic hydroxyl groups excluding tert-OH is 1. The molecule has 1 atom stereocenters. The summed E-state index contributed by atoms with van der Waals surface area (Å²) in [6.45, 7) is 1.71. The summed E-state index contributed by atoms with van der Waals surface area (Å²) in [4.78, 5) is 30.3. The zero-order valence-corrected chi connectivity index (χ0v) is 22.7. The Balaban J connectivity index is 1.22. The van der Waals surface area contributed by atoms with E-state index in [9.17, 15) is 27.9 Å². The molecule has 3 aromatic carbocycles. The van der Waals surface area contributed by atoms with Gasteiger partial charge in [0.05, 0.1) is 0 Å². The molecule has 41 heavy (non-hydrogen) atoms. The highest BCUT2D eigenvalue weighted by Gasteiger charge is 2.49. The van der Waals surface area contributed by atoms with Crippen LogP contribution in [0.3, 0.4) is 0 Å². The Morgan fingerprint density at radius 3 is 1.98 bits per heavy atom. The number of carbonyl (C=O) groups excluding carboxylic acids is 2. The van der Waals surface area contributed by atoms with Gasteiger partial charge in [-0.15, -0.1) is 0 Å². The highest BCUT2D eigenvalue weighted by atomic mass is 19.4. The van der Waals surface area contributed by atoms with Gasteiger partial charge in [0.1, 0.15) is 12.0 Å². The van der Waals surface area contributed by atoms with Crippen molar-refractivity contribution in [3.63, 3.8) is 0 Å². The van der Waals surface area contributed by atoms with Crippen molar-refractivity contribution in [2.75, 3.05) is 39.3 Å². The van der Waals surface area contributed by atoms with Crippen molar-refractivity contribution < 1.29 is 27.9 Å². The molecule has 5 rings (SSSR count). The summed E-state index contributed by atoms with van der Waals surface area (Å²) in [6.07, 6.45) is -3.92. The number of amides is 2. The largest absolute Gasteiger partial charge is 0.405 e. The van der Waals surface area contributed by atoms with Crippen molar-refractivity contribution >= 4 is 11.8 Å². The van der Waals surface area contributed by atoms with Crippen molar-refractivity contribution in [2.24, 2.45) is 0 Å². The van der Waals surface area contributed by atoms with Crippen LogP contribution in [0, 0.1) is 0 Å². The van der Waals surface area contributed by atoms with Crippen LogP contribution in [0.2, 0.25) is 0 Å². The number of nitrogens with one attached hydrogen (secondary N) is 1. The lowest BCUT2D eigenvalue weighted by molar-refractivity contribution is -0.142. The molecule has 0 radical (unpaired) electrons. The van der Waals surface area contributed by atoms with E-state index >= 15 is 0 Å². The molecule has 9 heteroatoms. The lowest BCUT2D eigenvalue weighted by atomic mass is 9.73.